The Morgan fingerprint density at radius 1 is 0.677 bits per heavy atom. The van der Waals surface area contributed by atoms with Crippen molar-refractivity contribution in [2.24, 2.45) is 41.4 Å². The lowest BCUT2D eigenvalue weighted by Crippen LogP contribution is -2.53. The Kier molecular flexibility index (Phi) is 5.59. The normalized spacial score (nSPS) is 18.0. The van der Waals surface area contributed by atoms with Crippen molar-refractivity contribution in [1.82, 2.24) is 0 Å². The summed E-state index contributed by atoms with van der Waals surface area (Å²) in [5.41, 5.74) is -3.23. The minimum absolute atomic E-state index is 0.273. The van der Waals surface area contributed by atoms with E-state index in [1.165, 1.54) is 26.4 Å². The molecule has 0 N–H and O–H groups in total. The quantitative estimate of drug-likeness (QED) is 0.402. The number of methoxy groups -OCH3 is 2. The number of alkyl halides is 2. The summed E-state index contributed by atoms with van der Waals surface area (Å²) in [7, 11) is 2.91. The van der Waals surface area contributed by atoms with Crippen LogP contribution in [0.2, 0.25) is 10.0 Å². The lowest BCUT2D eigenvalue weighted by Gasteiger charge is -2.41. The maximum absolute atomic E-state index is 7.05. The van der Waals surface area contributed by atoms with Gasteiger partial charge < -0.3 is 9.47 Å². The largest absolute Gasteiger partial charge is 0.496 e. The zero-order chi connectivity index (χ0) is 22.3. The van der Waals surface area contributed by atoms with Gasteiger partial charge in [-0.2, -0.15) is 0 Å². The van der Waals surface area contributed by atoms with Crippen LogP contribution in [-0.2, 0) is 11.3 Å². The van der Waals surface area contributed by atoms with E-state index in [4.69, 9.17) is 55.9 Å². The third kappa shape index (κ3) is 3.16. The standard InChI is InChI=1S/C17H12Cl4N8O2/c1-30-13-5-3-9(18)7-11(13)15(22-26-27-23-15)17(20,21)16(24-28-29-25-16)12-8-10(19)4-6-14(12)31-2/h3-8H,1-2H3. The molecule has 4 rings (SSSR count). The molecule has 0 aliphatic carbocycles. The minimum atomic E-state index is -2.15. The number of hydrogen-bond acceptors (Lipinski definition) is 10. The van der Waals surface area contributed by atoms with Crippen molar-refractivity contribution in [3.63, 3.8) is 0 Å². The topological polar surface area (TPSA) is 117 Å². The van der Waals surface area contributed by atoms with Crippen LogP contribution < -0.4 is 9.47 Å². The fraction of sp³-hybridized carbons (Fsp3) is 0.294. The van der Waals surface area contributed by atoms with Crippen LogP contribution >= 0.6 is 46.4 Å². The summed E-state index contributed by atoms with van der Waals surface area (Å²) in [5, 5.41) is 32.0. The predicted molar refractivity (Wildman–Crippen MR) is 113 cm³/mol. The van der Waals surface area contributed by atoms with Crippen molar-refractivity contribution < 1.29 is 9.47 Å². The van der Waals surface area contributed by atoms with Gasteiger partial charge in [-0.15, -0.1) is 20.5 Å². The number of halogens is 4. The van der Waals surface area contributed by atoms with E-state index >= 15 is 0 Å². The summed E-state index contributed by atoms with van der Waals surface area (Å²) >= 11 is 26.6. The molecule has 0 saturated heterocycles. The van der Waals surface area contributed by atoms with Crippen LogP contribution in [0, 0.1) is 0 Å². The monoisotopic (exact) mass is 500 g/mol. The van der Waals surface area contributed by atoms with Crippen LogP contribution in [0.3, 0.4) is 0 Å². The SMILES string of the molecule is COc1ccc(Cl)cc1C1(C(Cl)(Cl)C2(c3cc(Cl)ccc3OC)N=NN=N2)N=NN=N1. The van der Waals surface area contributed by atoms with Crippen molar-refractivity contribution in [2.75, 3.05) is 14.2 Å². The van der Waals surface area contributed by atoms with Crippen LogP contribution in [0.15, 0.2) is 77.7 Å². The van der Waals surface area contributed by atoms with Crippen LogP contribution in [-0.4, -0.2) is 18.6 Å². The van der Waals surface area contributed by atoms with E-state index < -0.39 is 15.7 Å². The lowest BCUT2D eigenvalue weighted by atomic mass is 9.84. The predicted octanol–water partition coefficient (Wildman–Crippen LogP) is 6.86. The fourth-order valence-electron chi connectivity index (χ4n) is 3.33. The second-order valence-corrected chi connectivity index (χ2v) is 8.57. The highest BCUT2D eigenvalue weighted by Gasteiger charge is 2.70. The number of rotatable bonds is 6. The highest BCUT2D eigenvalue weighted by atomic mass is 35.5. The van der Waals surface area contributed by atoms with Gasteiger partial charge in [0.1, 0.15) is 11.5 Å². The molecule has 2 aliphatic heterocycles. The molecule has 0 unspecified atom stereocenters. The molecule has 0 spiro atoms. The summed E-state index contributed by atoms with van der Waals surface area (Å²) in [6, 6.07) is 9.53. The number of hydrogen-bond donors (Lipinski definition) is 0. The Morgan fingerprint density at radius 2 is 1.03 bits per heavy atom. The van der Waals surface area contributed by atoms with Gasteiger partial charge in [0.05, 0.1) is 25.3 Å². The summed E-state index contributed by atoms with van der Waals surface area (Å²) in [6.07, 6.45) is 0. The fourth-order valence-corrected chi connectivity index (χ4v) is 4.39. The van der Waals surface area contributed by atoms with Gasteiger partial charge in [0.2, 0.25) is 4.33 Å². The van der Waals surface area contributed by atoms with E-state index in [2.05, 4.69) is 41.4 Å². The van der Waals surface area contributed by atoms with Gasteiger partial charge >= 0.3 is 0 Å². The van der Waals surface area contributed by atoms with E-state index in [1.807, 2.05) is 0 Å². The maximum atomic E-state index is 7.05. The van der Waals surface area contributed by atoms with Crippen LogP contribution in [0.25, 0.3) is 0 Å². The first kappa shape index (κ1) is 21.8. The van der Waals surface area contributed by atoms with Gasteiger partial charge in [0, 0.05) is 10.0 Å². The molecule has 2 aromatic rings. The van der Waals surface area contributed by atoms with Gasteiger partial charge in [-0.3, -0.25) is 0 Å². The Morgan fingerprint density at radius 3 is 1.35 bits per heavy atom. The molecule has 0 aromatic heterocycles. The Hall–Kier alpha value is -2.40. The molecule has 2 aliphatic rings. The molecule has 160 valence electrons. The third-order valence-corrected chi connectivity index (χ3v) is 6.31. The minimum Gasteiger partial charge on any atom is -0.496 e. The number of ether oxygens (including phenoxy) is 2. The molecular formula is C17H12Cl4N8O2. The summed E-state index contributed by atoms with van der Waals surface area (Å²) < 4.78 is 8.78. The first-order valence-electron chi connectivity index (χ1n) is 8.55. The van der Waals surface area contributed by atoms with E-state index in [1.54, 1.807) is 24.3 Å². The zero-order valence-electron chi connectivity index (χ0n) is 15.9. The molecule has 31 heavy (non-hydrogen) atoms. The van der Waals surface area contributed by atoms with Crippen molar-refractivity contribution in [3.8, 4) is 11.5 Å². The summed E-state index contributed by atoms with van der Waals surface area (Å²) in [6.45, 7) is 0. The molecule has 0 fully saturated rings. The summed E-state index contributed by atoms with van der Waals surface area (Å²) in [5.74, 6) is 0.657. The van der Waals surface area contributed by atoms with Crippen molar-refractivity contribution in [2.45, 2.75) is 15.7 Å². The molecule has 0 atom stereocenters. The molecule has 2 heterocycles. The van der Waals surface area contributed by atoms with E-state index in [9.17, 15) is 0 Å². The van der Waals surface area contributed by atoms with Crippen molar-refractivity contribution >= 4 is 46.4 Å². The first-order chi connectivity index (χ1) is 14.8. The van der Waals surface area contributed by atoms with Crippen LogP contribution in [0.4, 0.5) is 0 Å². The molecular weight excluding hydrogens is 490 g/mol. The molecule has 0 saturated carbocycles. The number of nitrogens with zero attached hydrogens (tertiary/aromatic N) is 8. The van der Waals surface area contributed by atoms with Gasteiger partial charge in [0.15, 0.2) is 0 Å². The molecule has 0 radical (unpaired) electrons. The Labute approximate surface area is 195 Å². The maximum Gasteiger partial charge on any atom is 0.261 e. The third-order valence-electron chi connectivity index (χ3n) is 4.79. The van der Waals surface area contributed by atoms with E-state index in [-0.39, 0.29) is 11.1 Å². The molecule has 0 bridgehead atoms. The Balaban J connectivity index is 2.03. The van der Waals surface area contributed by atoms with Crippen LogP contribution in [0.1, 0.15) is 11.1 Å². The molecule has 0 amide bonds. The second kappa shape index (κ2) is 7.94. The van der Waals surface area contributed by atoms with Crippen LogP contribution in [0.5, 0.6) is 11.5 Å². The first-order valence-corrected chi connectivity index (χ1v) is 10.1. The molecule has 2 aromatic carbocycles. The lowest BCUT2D eigenvalue weighted by molar-refractivity contribution is 0.254. The van der Waals surface area contributed by atoms with Crippen molar-refractivity contribution in [3.05, 3.63) is 57.6 Å². The second-order valence-electron chi connectivity index (χ2n) is 6.37. The highest BCUT2D eigenvalue weighted by Crippen LogP contribution is 2.62. The van der Waals surface area contributed by atoms with Gasteiger partial charge in [0.25, 0.3) is 11.3 Å². The van der Waals surface area contributed by atoms with Gasteiger partial charge in [-0.1, -0.05) is 46.4 Å². The van der Waals surface area contributed by atoms with E-state index in [0.29, 0.717) is 21.5 Å². The molecule has 10 nitrogen and oxygen atoms in total. The zero-order valence-corrected chi connectivity index (χ0v) is 18.9. The smallest absolute Gasteiger partial charge is 0.261 e. The average Bonchev–Trinajstić information content (AvgIpc) is 3.45. The van der Waals surface area contributed by atoms with Crippen molar-refractivity contribution in [1.29, 1.82) is 0 Å². The average molecular weight is 502 g/mol. The van der Waals surface area contributed by atoms with E-state index in [0.717, 1.165) is 0 Å². The highest BCUT2D eigenvalue weighted by molar-refractivity contribution is 6.50. The molecule has 14 heteroatoms. The van der Waals surface area contributed by atoms with Gasteiger partial charge in [-0.05, 0) is 57.3 Å². The summed E-state index contributed by atoms with van der Waals surface area (Å²) in [4.78, 5) is 0. The van der Waals surface area contributed by atoms with Gasteiger partial charge in [-0.25, -0.2) is 0 Å². The number of benzene rings is 2. The Bertz CT molecular complexity index is 1040.